The maximum Gasteiger partial charge on any atom is 0.239 e. The monoisotopic (exact) mass is 333 g/mol. The first-order valence-electron chi connectivity index (χ1n) is 6.39. The summed E-state index contributed by atoms with van der Waals surface area (Å²) >= 11 is 11.8. The average Bonchev–Trinajstić information content (AvgIpc) is 3.10. The van der Waals surface area contributed by atoms with E-state index in [4.69, 9.17) is 23.2 Å². The maximum absolute atomic E-state index is 12.2. The molecule has 108 valence electrons. The Morgan fingerprint density at radius 2 is 2.00 bits per heavy atom. The minimum atomic E-state index is -3.38. The molecule has 1 aliphatic carbocycles. The smallest absolute Gasteiger partial charge is 0.239 e. The van der Waals surface area contributed by atoms with E-state index in [1.807, 2.05) is 6.07 Å². The van der Waals surface area contributed by atoms with Gasteiger partial charge in [-0.15, -0.1) is 0 Å². The Kier molecular flexibility index (Phi) is 3.47. The molecule has 0 N–H and O–H groups in total. The number of sulfonamides is 1. The van der Waals surface area contributed by atoms with Crippen molar-refractivity contribution in [2.45, 2.75) is 18.8 Å². The van der Waals surface area contributed by atoms with E-state index >= 15 is 0 Å². The van der Waals surface area contributed by atoms with Crippen molar-refractivity contribution >= 4 is 39.1 Å². The highest BCUT2D eigenvalue weighted by Crippen LogP contribution is 2.49. The molecule has 0 bridgehead atoms. The van der Waals surface area contributed by atoms with Crippen molar-refractivity contribution in [3.8, 4) is 0 Å². The van der Waals surface area contributed by atoms with Crippen LogP contribution in [0, 0.1) is 5.92 Å². The Bertz CT molecular complexity index is 674. The van der Waals surface area contributed by atoms with Gasteiger partial charge in [-0.3, -0.25) is 4.79 Å². The van der Waals surface area contributed by atoms with E-state index in [-0.39, 0.29) is 23.5 Å². The van der Waals surface area contributed by atoms with Crippen LogP contribution in [0.2, 0.25) is 10.0 Å². The molecule has 4 nitrogen and oxygen atoms in total. The lowest BCUT2D eigenvalue weighted by Crippen LogP contribution is -2.34. The minimum Gasteiger partial charge on any atom is -0.273 e. The molecule has 1 aromatic carbocycles. The van der Waals surface area contributed by atoms with E-state index in [1.165, 1.54) is 0 Å². The van der Waals surface area contributed by atoms with Gasteiger partial charge in [-0.25, -0.2) is 12.7 Å². The molecule has 1 saturated carbocycles. The predicted octanol–water partition coefficient (Wildman–Crippen LogP) is 2.66. The number of carbonyl (C=O) groups is 1. The van der Waals surface area contributed by atoms with Crippen LogP contribution < -0.4 is 0 Å². The third-order valence-corrected chi connectivity index (χ3v) is 6.40. The largest absolute Gasteiger partial charge is 0.273 e. The summed E-state index contributed by atoms with van der Waals surface area (Å²) in [6, 6.07) is 5.29. The van der Waals surface area contributed by atoms with E-state index in [9.17, 15) is 13.2 Å². The normalized spacial score (nSPS) is 27.6. The van der Waals surface area contributed by atoms with Crippen molar-refractivity contribution in [2.24, 2.45) is 5.92 Å². The van der Waals surface area contributed by atoms with E-state index in [1.54, 1.807) is 12.1 Å². The number of carbonyl (C=O) groups excluding carboxylic acids is 1. The van der Waals surface area contributed by atoms with Crippen LogP contribution >= 0.6 is 23.2 Å². The van der Waals surface area contributed by atoms with Crippen LogP contribution in [0.1, 0.15) is 24.3 Å². The summed E-state index contributed by atoms with van der Waals surface area (Å²) in [4.78, 5) is 12.2. The Morgan fingerprint density at radius 3 is 2.60 bits per heavy atom. The molecule has 0 radical (unpaired) electrons. The van der Waals surface area contributed by atoms with Crippen LogP contribution in [0.25, 0.3) is 0 Å². The molecule has 1 saturated heterocycles. The number of benzene rings is 1. The van der Waals surface area contributed by atoms with Crippen LogP contribution in [0.3, 0.4) is 0 Å². The molecular weight excluding hydrogens is 321 g/mol. The molecule has 3 rings (SSSR count). The Hall–Kier alpha value is -0.780. The Balaban J connectivity index is 1.76. The van der Waals surface area contributed by atoms with E-state index in [0.717, 1.165) is 9.87 Å². The first-order valence-corrected chi connectivity index (χ1v) is 8.76. The lowest BCUT2D eigenvalue weighted by atomic mass is 10.1. The molecule has 0 spiro atoms. The summed E-state index contributed by atoms with van der Waals surface area (Å²) in [7, 11) is -3.38. The zero-order valence-corrected chi connectivity index (χ0v) is 12.9. The second kappa shape index (κ2) is 4.90. The van der Waals surface area contributed by atoms with E-state index < -0.39 is 10.0 Å². The molecule has 1 aromatic rings. The van der Waals surface area contributed by atoms with E-state index in [0.29, 0.717) is 29.4 Å². The molecule has 0 unspecified atom stereocenters. The van der Waals surface area contributed by atoms with Gasteiger partial charge in [0.2, 0.25) is 15.9 Å². The van der Waals surface area contributed by atoms with Crippen LogP contribution in [0.15, 0.2) is 18.2 Å². The fourth-order valence-corrected chi connectivity index (χ4v) is 4.49. The van der Waals surface area contributed by atoms with Gasteiger partial charge in [0, 0.05) is 12.5 Å². The Morgan fingerprint density at radius 1 is 1.25 bits per heavy atom. The fourth-order valence-electron chi connectivity index (χ4n) is 2.65. The Labute approximate surface area is 127 Å². The summed E-state index contributed by atoms with van der Waals surface area (Å²) in [5, 5.41) is 0.928. The van der Waals surface area contributed by atoms with Crippen molar-refractivity contribution in [2.75, 3.05) is 12.3 Å². The van der Waals surface area contributed by atoms with Crippen molar-refractivity contribution in [3.05, 3.63) is 33.8 Å². The molecule has 7 heteroatoms. The first kappa shape index (κ1) is 14.2. The number of hydrogen-bond acceptors (Lipinski definition) is 3. The van der Waals surface area contributed by atoms with Crippen LogP contribution in [-0.4, -0.2) is 30.9 Å². The highest BCUT2D eigenvalue weighted by Gasteiger charge is 2.49. The van der Waals surface area contributed by atoms with Crippen LogP contribution in [0.4, 0.5) is 0 Å². The predicted molar refractivity (Wildman–Crippen MR) is 77.4 cm³/mol. The van der Waals surface area contributed by atoms with Crippen LogP contribution in [0.5, 0.6) is 0 Å². The van der Waals surface area contributed by atoms with Crippen molar-refractivity contribution in [1.29, 1.82) is 0 Å². The number of hydrogen-bond donors (Lipinski definition) is 0. The third-order valence-electron chi connectivity index (χ3n) is 3.82. The molecule has 20 heavy (non-hydrogen) atoms. The average molecular weight is 334 g/mol. The number of amides is 1. The highest BCUT2D eigenvalue weighted by molar-refractivity contribution is 7.89. The maximum atomic E-state index is 12.2. The van der Waals surface area contributed by atoms with Gasteiger partial charge in [0.25, 0.3) is 0 Å². The molecule has 2 fully saturated rings. The SMILES string of the molecule is O=C([C@@H]1C[C@@H]1c1ccc(Cl)c(Cl)c1)N1CCCS1(=O)=O. The topological polar surface area (TPSA) is 54.5 Å². The van der Waals surface area contributed by atoms with Crippen LogP contribution in [-0.2, 0) is 14.8 Å². The summed E-state index contributed by atoms with van der Waals surface area (Å²) < 4.78 is 24.5. The van der Waals surface area contributed by atoms with E-state index in [2.05, 4.69) is 0 Å². The number of halogens is 2. The minimum absolute atomic E-state index is 0.0491. The van der Waals surface area contributed by atoms with Gasteiger partial charge in [-0.2, -0.15) is 0 Å². The zero-order valence-electron chi connectivity index (χ0n) is 10.6. The summed E-state index contributed by atoms with van der Waals surface area (Å²) in [6.07, 6.45) is 1.20. The van der Waals surface area contributed by atoms with Gasteiger partial charge < -0.3 is 0 Å². The molecule has 2 atom stereocenters. The standard InChI is InChI=1S/C13H13Cl2NO3S/c14-11-3-2-8(6-12(11)15)9-7-10(9)13(17)16-4-1-5-20(16,18)19/h2-3,6,9-10H,1,4-5,7H2/t9-,10-/m1/s1. The summed E-state index contributed by atoms with van der Waals surface area (Å²) in [6.45, 7) is 0.311. The zero-order chi connectivity index (χ0) is 14.5. The number of nitrogens with zero attached hydrogens (tertiary/aromatic N) is 1. The van der Waals surface area contributed by atoms with Crippen molar-refractivity contribution in [1.82, 2.24) is 4.31 Å². The summed E-state index contributed by atoms with van der Waals surface area (Å²) in [5.74, 6) is -0.408. The van der Waals surface area contributed by atoms with Gasteiger partial charge in [-0.05, 0) is 36.5 Å². The van der Waals surface area contributed by atoms with Gasteiger partial charge in [0.1, 0.15) is 0 Å². The fraction of sp³-hybridized carbons (Fsp3) is 0.462. The van der Waals surface area contributed by atoms with Crippen molar-refractivity contribution in [3.63, 3.8) is 0 Å². The second-order valence-electron chi connectivity index (χ2n) is 5.20. The second-order valence-corrected chi connectivity index (χ2v) is 8.03. The molecule has 1 amide bonds. The summed E-state index contributed by atoms with van der Waals surface area (Å²) in [5.41, 5.74) is 0.939. The molecule has 2 aliphatic rings. The van der Waals surface area contributed by atoms with Gasteiger partial charge >= 0.3 is 0 Å². The molecule has 1 heterocycles. The lowest BCUT2D eigenvalue weighted by molar-refractivity contribution is -0.127. The van der Waals surface area contributed by atoms with Gasteiger partial charge in [-0.1, -0.05) is 29.3 Å². The van der Waals surface area contributed by atoms with Crippen molar-refractivity contribution < 1.29 is 13.2 Å². The first-order chi connectivity index (χ1) is 9.40. The highest BCUT2D eigenvalue weighted by atomic mass is 35.5. The third kappa shape index (κ3) is 2.43. The van der Waals surface area contributed by atoms with Gasteiger partial charge in [0.05, 0.1) is 15.8 Å². The lowest BCUT2D eigenvalue weighted by Gasteiger charge is -2.14. The number of rotatable bonds is 2. The van der Waals surface area contributed by atoms with Gasteiger partial charge in [0.15, 0.2) is 0 Å². The molecule has 1 aliphatic heterocycles. The molecule has 0 aromatic heterocycles. The quantitative estimate of drug-likeness (QED) is 0.836. The molecular formula is C13H13Cl2NO3S.